The second kappa shape index (κ2) is 8.95. The maximum Gasteiger partial charge on any atom is 0.410 e. The van der Waals surface area contributed by atoms with Crippen molar-refractivity contribution in [3.8, 4) is 0 Å². The van der Waals surface area contributed by atoms with Gasteiger partial charge in [0.25, 0.3) is 0 Å². The molecule has 0 spiro atoms. The lowest BCUT2D eigenvalue weighted by atomic mass is 9.99. The molecule has 28 heavy (non-hydrogen) atoms. The first-order chi connectivity index (χ1) is 13.3. The van der Waals surface area contributed by atoms with E-state index in [-0.39, 0.29) is 18.2 Å². The lowest BCUT2D eigenvalue weighted by Gasteiger charge is -2.41. The molecule has 1 amide bonds. The number of hydrogen-bond acceptors (Lipinski definition) is 5. The van der Waals surface area contributed by atoms with E-state index >= 15 is 0 Å². The zero-order valence-corrected chi connectivity index (χ0v) is 17.2. The molecule has 2 aliphatic heterocycles. The van der Waals surface area contributed by atoms with Crippen LogP contribution in [0.4, 0.5) is 4.79 Å². The van der Waals surface area contributed by atoms with Crippen LogP contribution in [0.15, 0.2) is 30.3 Å². The fourth-order valence-electron chi connectivity index (χ4n) is 3.89. The first-order valence-corrected chi connectivity index (χ1v) is 10.3. The molecular formula is C22H32N2O4. The number of rotatable bonds is 3. The van der Waals surface area contributed by atoms with Gasteiger partial charge in [-0.15, -0.1) is 0 Å². The third kappa shape index (κ3) is 5.71. The van der Waals surface area contributed by atoms with E-state index in [1.807, 2.05) is 43.9 Å². The van der Waals surface area contributed by atoms with Gasteiger partial charge in [0.1, 0.15) is 11.7 Å². The Morgan fingerprint density at radius 3 is 2.11 bits per heavy atom. The molecule has 0 unspecified atom stereocenters. The second-order valence-corrected chi connectivity index (χ2v) is 8.71. The molecule has 3 rings (SSSR count). The van der Waals surface area contributed by atoms with E-state index in [9.17, 15) is 9.59 Å². The third-order valence-corrected chi connectivity index (χ3v) is 5.39. The summed E-state index contributed by atoms with van der Waals surface area (Å²) in [6, 6.07) is 9.66. The van der Waals surface area contributed by atoms with E-state index in [0.717, 1.165) is 51.9 Å². The first-order valence-electron chi connectivity index (χ1n) is 10.3. The molecule has 0 saturated carbocycles. The van der Waals surface area contributed by atoms with E-state index in [1.165, 1.54) is 0 Å². The maximum atomic E-state index is 12.2. The second-order valence-electron chi connectivity index (χ2n) is 8.71. The van der Waals surface area contributed by atoms with Gasteiger partial charge in [0, 0.05) is 32.2 Å². The third-order valence-electron chi connectivity index (χ3n) is 5.39. The largest absolute Gasteiger partial charge is 0.459 e. The van der Waals surface area contributed by atoms with Crippen molar-refractivity contribution in [1.29, 1.82) is 0 Å². The number of piperidine rings is 2. The van der Waals surface area contributed by atoms with Crippen LogP contribution in [0.5, 0.6) is 0 Å². The van der Waals surface area contributed by atoms with Gasteiger partial charge in [-0.1, -0.05) is 18.2 Å². The maximum absolute atomic E-state index is 12.2. The molecule has 2 fully saturated rings. The first kappa shape index (κ1) is 20.6. The summed E-state index contributed by atoms with van der Waals surface area (Å²) in [6.07, 6.45) is 3.44. The number of likely N-dealkylation sites (tertiary alicyclic amines) is 2. The number of benzene rings is 1. The Kier molecular flexibility index (Phi) is 6.60. The van der Waals surface area contributed by atoms with Crippen molar-refractivity contribution in [2.24, 2.45) is 0 Å². The molecule has 6 heteroatoms. The van der Waals surface area contributed by atoms with Crippen LogP contribution in [0.2, 0.25) is 0 Å². The Hall–Kier alpha value is -2.08. The number of amides is 1. The highest BCUT2D eigenvalue weighted by Gasteiger charge is 2.32. The molecule has 2 aliphatic rings. The van der Waals surface area contributed by atoms with Crippen LogP contribution in [0.25, 0.3) is 0 Å². The van der Waals surface area contributed by atoms with Gasteiger partial charge in [-0.3, -0.25) is 4.90 Å². The summed E-state index contributed by atoms with van der Waals surface area (Å²) in [7, 11) is 0. The van der Waals surface area contributed by atoms with Gasteiger partial charge in [0.2, 0.25) is 0 Å². The smallest absolute Gasteiger partial charge is 0.410 e. The highest BCUT2D eigenvalue weighted by molar-refractivity contribution is 5.89. The van der Waals surface area contributed by atoms with Gasteiger partial charge < -0.3 is 14.4 Å². The zero-order valence-electron chi connectivity index (χ0n) is 17.2. The Morgan fingerprint density at radius 2 is 1.54 bits per heavy atom. The minimum Gasteiger partial charge on any atom is -0.459 e. The summed E-state index contributed by atoms with van der Waals surface area (Å²) in [4.78, 5) is 28.7. The van der Waals surface area contributed by atoms with Gasteiger partial charge in [0.15, 0.2) is 0 Å². The van der Waals surface area contributed by atoms with Crippen LogP contribution >= 0.6 is 0 Å². The molecule has 0 N–H and O–H groups in total. The van der Waals surface area contributed by atoms with Gasteiger partial charge in [-0.05, 0) is 58.6 Å². The Labute approximate surface area is 167 Å². The van der Waals surface area contributed by atoms with E-state index in [2.05, 4.69) is 4.90 Å². The Morgan fingerprint density at radius 1 is 0.929 bits per heavy atom. The van der Waals surface area contributed by atoms with Crippen molar-refractivity contribution in [3.63, 3.8) is 0 Å². The van der Waals surface area contributed by atoms with Gasteiger partial charge >= 0.3 is 12.1 Å². The van der Waals surface area contributed by atoms with Crippen molar-refractivity contribution in [3.05, 3.63) is 35.9 Å². The van der Waals surface area contributed by atoms with Crippen LogP contribution in [-0.2, 0) is 9.47 Å². The molecule has 0 aliphatic carbocycles. The van der Waals surface area contributed by atoms with Crippen molar-refractivity contribution in [1.82, 2.24) is 9.80 Å². The van der Waals surface area contributed by atoms with Gasteiger partial charge in [-0.25, -0.2) is 9.59 Å². The van der Waals surface area contributed by atoms with Crippen LogP contribution < -0.4 is 0 Å². The highest BCUT2D eigenvalue weighted by Crippen LogP contribution is 2.24. The topological polar surface area (TPSA) is 59.1 Å². The minimum absolute atomic E-state index is 0.00851. The summed E-state index contributed by atoms with van der Waals surface area (Å²) in [5.41, 5.74) is 0.159. The Bertz CT molecular complexity index is 655. The van der Waals surface area contributed by atoms with Crippen LogP contribution in [0, 0.1) is 0 Å². The summed E-state index contributed by atoms with van der Waals surface area (Å²) in [6.45, 7) is 9.03. The number of esters is 1. The molecule has 6 nitrogen and oxygen atoms in total. The average molecular weight is 389 g/mol. The van der Waals surface area contributed by atoms with E-state index in [4.69, 9.17) is 9.47 Å². The van der Waals surface area contributed by atoms with Gasteiger partial charge in [-0.2, -0.15) is 0 Å². The Balaban J connectivity index is 1.40. The lowest BCUT2D eigenvalue weighted by molar-refractivity contribution is -0.00471. The minimum atomic E-state index is -0.451. The van der Waals surface area contributed by atoms with Crippen LogP contribution in [-0.4, -0.2) is 65.8 Å². The number of ether oxygens (including phenoxy) is 2. The molecule has 1 aromatic rings. The highest BCUT2D eigenvalue weighted by atomic mass is 16.6. The SMILES string of the molecule is CC(C)(C)OC(=O)N1CCC(N2CCC(OC(=O)c3ccccc3)CC2)CC1. The summed E-state index contributed by atoms with van der Waals surface area (Å²) in [5, 5.41) is 0. The fraction of sp³-hybridized carbons (Fsp3) is 0.636. The van der Waals surface area contributed by atoms with Crippen molar-refractivity contribution >= 4 is 12.1 Å². The normalized spacial score (nSPS) is 20.0. The van der Waals surface area contributed by atoms with E-state index < -0.39 is 5.60 Å². The molecule has 1 aromatic carbocycles. The molecule has 0 atom stereocenters. The van der Waals surface area contributed by atoms with E-state index in [1.54, 1.807) is 12.1 Å². The molecule has 154 valence electrons. The van der Waals surface area contributed by atoms with Crippen molar-refractivity contribution in [2.45, 2.75) is 64.2 Å². The van der Waals surface area contributed by atoms with Crippen LogP contribution in [0.3, 0.4) is 0 Å². The molecule has 2 saturated heterocycles. The van der Waals surface area contributed by atoms with E-state index in [0.29, 0.717) is 11.6 Å². The van der Waals surface area contributed by atoms with Crippen molar-refractivity contribution < 1.29 is 19.1 Å². The monoisotopic (exact) mass is 388 g/mol. The summed E-state index contributed by atoms with van der Waals surface area (Å²) in [5.74, 6) is -0.232. The molecule has 2 heterocycles. The molecular weight excluding hydrogens is 356 g/mol. The average Bonchev–Trinajstić information content (AvgIpc) is 2.68. The number of hydrogen-bond donors (Lipinski definition) is 0. The predicted molar refractivity (Wildman–Crippen MR) is 107 cm³/mol. The fourth-order valence-corrected chi connectivity index (χ4v) is 3.89. The predicted octanol–water partition coefficient (Wildman–Crippen LogP) is 3.71. The quantitative estimate of drug-likeness (QED) is 0.739. The van der Waals surface area contributed by atoms with Crippen molar-refractivity contribution in [2.75, 3.05) is 26.2 Å². The van der Waals surface area contributed by atoms with Crippen LogP contribution in [0.1, 0.15) is 56.8 Å². The lowest BCUT2D eigenvalue weighted by Crippen LogP contribution is -2.50. The zero-order chi connectivity index (χ0) is 20.1. The number of carbonyl (C=O) groups excluding carboxylic acids is 2. The standard InChI is InChI=1S/C22H32N2O4/c1-22(2,3)28-21(26)24-13-9-18(10-14-24)23-15-11-19(12-16-23)27-20(25)17-7-5-4-6-8-17/h4-8,18-19H,9-16H2,1-3H3. The number of nitrogens with zero attached hydrogens (tertiary/aromatic N) is 2. The molecule has 0 radical (unpaired) electrons. The molecule has 0 bridgehead atoms. The summed E-state index contributed by atoms with van der Waals surface area (Å²) >= 11 is 0. The number of carbonyl (C=O) groups is 2. The molecule has 0 aromatic heterocycles. The van der Waals surface area contributed by atoms with Gasteiger partial charge in [0.05, 0.1) is 5.56 Å². The summed E-state index contributed by atoms with van der Waals surface area (Å²) < 4.78 is 11.1.